The van der Waals surface area contributed by atoms with Gasteiger partial charge in [-0.15, -0.1) is 0 Å². The number of rotatable bonds is 14. The largest absolute Gasteiger partial charge is 0.346 e. The van der Waals surface area contributed by atoms with E-state index in [1.54, 1.807) is 0 Å². The summed E-state index contributed by atoms with van der Waals surface area (Å²) in [5, 5.41) is 8.44. The average molecular weight is 292 g/mol. The third-order valence-electron chi connectivity index (χ3n) is 4.02. The van der Waals surface area contributed by atoms with E-state index in [1.165, 1.54) is 57.8 Å². The lowest BCUT2D eigenvalue weighted by Crippen LogP contribution is -1.92. The molecule has 0 amide bonds. The Morgan fingerprint density at radius 3 is 2.52 bits per heavy atom. The predicted octanol–water partition coefficient (Wildman–Crippen LogP) is 5.40. The molecule has 1 heterocycles. The van der Waals surface area contributed by atoms with Gasteiger partial charge in [-0.25, -0.2) is 0 Å². The number of aliphatic imine (C=N–C) groups is 1. The van der Waals surface area contributed by atoms with Crippen LogP contribution < -0.4 is 0 Å². The minimum absolute atomic E-state index is 0.166. The first kappa shape index (κ1) is 18.2. The summed E-state index contributed by atoms with van der Waals surface area (Å²) < 4.78 is 5.57. The van der Waals surface area contributed by atoms with Gasteiger partial charge in [0.2, 0.25) is 0 Å². The number of epoxide rings is 1. The molecule has 0 radical (unpaired) electrons. The second-order valence-electron chi connectivity index (χ2n) is 6.06. The standard InChI is InChI=1S/C18H32N2O/c1-2-3-4-5-10-13-16-20-18-17(21-18)14-11-8-6-7-9-12-15-19/h16-18H,2-14H2,1H3/t17-,18+/m1/s1. The molecule has 1 aliphatic heterocycles. The van der Waals surface area contributed by atoms with Crippen LogP contribution in [-0.4, -0.2) is 18.5 Å². The van der Waals surface area contributed by atoms with Gasteiger partial charge in [0, 0.05) is 12.6 Å². The van der Waals surface area contributed by atoms with Gasteiger partial charge in [0.05, 0.1) is 6.07 Å². The van der Waals surface area contributed by atoms with Crippen LogP contribution in [0, 0.1) is 11.3 Å². The second kappa shape index (κ2) is 12.8. The number of ether oxygens (including phenoxy) is 1. The minimum Gasteiger partial charge on any atom is -0.346 e. The maximum absolute atomic E-state index is 8.44. The third-order valence-corrected chi connectivity index (χ3v) is 4.02. The molecule has 1 fully saturated rings. The molecule has 0 unspecified atom stereocenters. The minimum atomic E-state index is 0.166. The van der Waals surface area contributed by atoms with Gasteiger partial charge in [-0.2, -0.15) is 5.26 Å². The van der Waals surface area contributed by atoms with Crippen molar-refractivity contribution in [1.82, 2.24) is 0 Å². The van der Waals surface area contributed by atoms with Crippen LogP contribution >= 0.6 is 0 Å². The fourth-order valence-electron chi connectivity index (χ4n) is 2.57. The van der Waals surface area contributed by atoms with Gasteiger partial charge in [0.25, 0.3) is 0 Å². The van der Waals surface area contributed by atoms with E-state index in [0.717, 1.165) is 19.3 Å². The first-order valence-electron chi connectivity index (χ1n) is 8.92. The van der Waals surface area contributed by atoms with E-state index in [0.29, 0.717) is 12.5 Å². The van der Waals surface area contributed by atoms with Crippen molar-refractivity contribution in [3.05, 3.63) is 0 Å². The molecule has 120 valence electrons. The van der Waals surface area contributed by atoms with Crippen LogP contribution in [0.3, 0.4) is 0 Å². The van der Waals surface area contributed by atoms with Gasteiger partial charge >= 0.3 is 0 Å². The quantitative estimate of drug-likeness (QED) is 0.244. The lowest BCUT2D eigenvalue weighted by Gasteiger charge is -1.97. The van der Waals surface area contributed by atoms with Gasteiger partial charge in [0.1, 0.15) is 6.10 Å². The van der Waals surface area contributed by atoms with Crippen LogP contribution in [0.1, 0.15) is 90.4 Å². The zero-order valence-corrected chi connectivity index (χ0v) is 13.7. The fourth-order valence-corrected chi connectivity index (χ4v) is 2.57. The van der Waals surface area contributed by atoms with Gasteiger partial charge in [-0.1, -0.05) is 58.3 Å². The van der Waals surface area contributed by atoms with Crippen LogP contribution in [0.15, 0.2) is 4.99 Å². The van der Waals surface area contributed by atoms with Crippen LogP contribution in [0.25, 0.3) is 0 Å². The monoisotopic (exact) mass is 292 g/mol. The van der Waals surface area contributed by atoms with Crippen LogP contribution in [0.2, 0.25) is 0 Å². The fraction of sp³-hybridized carbons (Fsp3) is 0.889. The number of nitrogens with zero attached hydrogens (tertiary/aromatic N) is 2. The summed E-state index contributed by atoms with van der Waals surface area (Å²) >= 11 is 0. The number of nitriles is 1. The molecule has 3 heteroatoms. The van der Waals surface area contributed by atoms with E-state index in [9.17, 15) is 0 Å². The zero-order chi connectivity index (χ0) is 15.2. The Kier molecular flexibility index (Phi) is 11.1. The highest BCUT2D eigenvalue weighted by atomic mass is 16.6. The average Bonchev–Trinajstić information content (AvgIpc) is 3.24. The number of hydrogen-bond donors (Lipinski definition) is 0. The van der Waals surface area contributed by atoms with Crippen molar-refractivity contribution in [3.8, 4) is 6.07 Å². The molecule has 0 aliphatic carbocycles. The van der Waals surface area contributed by atoms with Crippen molar-refractivity contribution in [2.24, 2.45) is 4.99 Å². The Morgan fingerprint density at radius 1 is 1.00 bits per heavy atom. The number of hydrogen-bond acceptors (Lipinski definition) is 3. The van der Waals surface area contributed by atoms with Crippen molar-refractivity contribution < 1.29 is 4.74 Å². The summed E-state index contributed by atoms with van der Waals surface area (Å²) in [7, 11) is 0. The maximum Gasteiger partial charge on any atom is 0.174 e. The van der Waals surface area contributed by atoms with Gasteiger partial charge in [0.15, 0.2) is 6.23 Å². The summed E-state index contributed by atoms with van der Waals surface area (Å²) in [4.78, 5) is 4.49. The van der Waals surface area contributed by atoms with Crippen molar-refractivity contribution in [2.45, 2.75) is 103 Å². The highest BCUT2D eigenvalue weighted by Crippen LogP contribution is 2.28. The summed E-state index contributed by atoms with van der Waals surface area (Å²) in [6, 6.07) is 2.20. The summed E-state index contributed by atoms with van der Waals surface area (Å²) in [6.07, 6.45) is 18.2. The summed E-state index contributed by atoms with van der Waals surface area (Å²) in [6.45, 7) is 2.25. The van der Waals surface area contributed by atoms with Crippen LogP contribution in [0.4, 0.5) is 0 Å². The van der Waals surface area contributed by atoms with E-state index in [4.69, 9.17) is 10.00 Å². The van der Waals surface area contributed by atoms with E-state index < -0.39 is 0 Å². The van der Waals surface area contributed by atoms with Crippen LogP contribution in [0.5, 0.6) is 0 Å². The molecule has 1 aliphatic rings. The van der Waals surface area contributed by atoms with Crippen molar-refractivity contribution in [3.63, 3.8) is 0 Å². The maximum atomic E-state index is 8.44. The molecule has 0 N–H and O–H groups in total. The molecule has 2 atom stereocenters. The van der Waals surface area contributed by atoms with Gasteiger partial charge in [-0.05, 0) is 25.7 Å². The molecule has 21 heavy (non-hydrogen) atoms. The Morgan fingerprint density at radius 2 is 1.71 bits per heavy atom. The molecule has 0 spiro atoms. The molecule has 0 saturated carbocycles. The van der Waals surface area contributed by atoms with Crippen LogP contribution in [-0.2, 0) is 4.74 Å². The highest BCUT2D eigenvalue weighted by molar-refractivity contribution is 5.57. The molecule has 1 rings (SSSR count). The van der Waals surface area contributed by atoms with E-state index in [2.05, 4.69) is 24.2 Å². The Balaban J connectivity index is 1.82. The Hall–Kier alpha value is -0.880. The van der Waals surface area contributed by atoms with Crippen molar-refractivity contribution in [1.29, 1.82) is 5.26 Å². The second-order valence-corrected chi connectivity index (χ2v) is 6.06. The SMILES string of the molecule is CCCCCCCC=N[C@H]1O[C@@H]1CCCCCCCC#N. The normalized spacial score (nSPS) is 20.8. The lowest BCUT2D eigenvalue weighted by atomic mass is 10.1. The molecular weight excluding hydrogens is 260 g/mol. The molecule has 0 aromatic rings. The third kappa shape index (κ3) is 10.5. The molecule has 0 aromatic heterocycles. The Labute approximate surface area is 130 Å². The van der Waals surface area contributed by atoms with E-state index in [-0.39, 0.29) is 6.23 Å². The van der Waals surface area contributed by atoms with Gasteiger partial charge < -0.3 is 4.74 Å². The van der Waals surface area contributed by atoms with E-state index in [1.807, 2.05) is 0 Å². The first-order valence-corrected chi connectivity index (χ1v) is 8.92. The number of unbranched alkanes of at least 4 members (excludes halogenated alkanes) is 10. The Bertz CT molecular complexity index is 309. The molecule has 3 nitrogen and oxygen atoms in total. The highest BCUT2D eigenvalue weighted by Gasteiger charge is 2.37. The zero-order valence-electron chi connectivity index (χ0n) is 13.7. The predicted molar refractivity (Wildman–Crippen MR) is 88.5 cm³/mol. The molecule has 0 bridgehead atoms. The van der Waals surface area contributed by atoms with Crippen molar-refractivity contribution in [2.75, 3.05) is 0 Å². The van der Waals surface area contributed by atoms with Gasteiger partial charge in [-0.3, -0.25) is 4.99 Å². The summed E-state index contributed by atoms with van der Waals surface area (Å²) in [5.41, 5.74) is 0. The first-order chi connectivity index (χ1) is 10.4. The lowest BCUT2D eigenvalue weighted by molar-refractivity contribution is 0.361. The smallest absolute Gasteiger partial charge is 0.174 e. The topological polar surface area (TPSA) is 48.7 Å². The molecule has 0 aromatic carbocycles. The van der Waals surface area contributed by atoms with Crippen molar-refractivity contribution >= 4 is 6.21 Å². The summed E-state index contributed by atoms with van der Waals surface area (Å²) in [5.74, 6) is 0. The van der Waals surface area contributed by atoms with E-state index >= 15 is 0 Å². The molecule has 1 saturated heterocycles. The molecular formula is C18H32N2O.